The van der Waals surface area contributed by atoms with E-state index in [1.54, 1.807) is 12.4 Å². The minimum atomic E-state index is -0.0127. The molecule has 3 aromatic rings. The van der Waals surface area contributed by atoms with E-state index in [1.165, 1.54) is 0 Å². The molecule has 7 nitrogen and oxygen atoms in total. The van der Waals surface area contributed by atoms with Crippen molar-refractivity contribution in [3.8, 4) is 11.4 Å². The Hall–Kier alpha value is -3.09. The Labute approximate surface area is 169 Å². The van der Waals surface area contributed by atoms with E-state index >= 15 is 0 Å². The number of aryl methyl sites for hydroxylation is 2. The third-order valence-electron chi connectivity index (χ3n) is 6.33. The highest BCUT2D eigenvalue weighted by Gasteiger charge is 2.43. The first-order valence-electron chi connectivity index (χ1n) is 10.2. The molecule has 2 aliphatic heterocycles. The Kier molecular flexibility index (Phi) is 4.19. The Morgan fingerprint density at radius 2 is 2.00 bits per heavy atom. The number of nitrogens with zero attached hydrogens (tertiary/aromatic N) is 5. The average Bonchev–Trinajstić information content (AvgIpc) is 3.24. The molecule has 1 amide bonds. The molecule has 2 atom stereocenters. The van der Waals surface area contributed by atoms with E-state index in [-0.39, 0.29) is 18.0 Å². The van der Waals surface area contributed by atoms with Gasteiger partial charge < -0.3 is 4.90 Å². The number of aromatic nitrogens is 5. The normalized spacial score (nSPS) is 20.4. The Balaban J connectivity index is 1.62. The lowest BCUT2D eigenvalue weighted by Gasteiger charge is -2.46. The van der Waals surface area contributed by atoms with Crippen LogP contribution in [0.2, 0.25) is 0 Å². The number of nitrogens with one attached hydrogen (secondary N) is 1. The summed E-state index contributed by atoms with van der Waals surface area (Å²) in [6.07, 6.45) is 7.28. The third-order valence-corrected chi connectivity index (χ3v) is 6.33. The van der Waals surface area contributed by atoms with Gasteiger partial charge in [-0.1, -0.05) is 0 Å². The lowest BCUT2D eigenvalue weighted by atomic mass is 9.81. The molecule has 1 N–H and O–H groups in total. The van der Waals surface area contributed by atoms with Gasteiger partial charge in [-0.3, -0.25) is 14.9 Å². The highest BCUT2D eigenvalue weighted by atomic mass is 16.2. The van der Waals surface area contributed by atoms with E-state index in [4.69, 9.17) is 9.97 Å². The number of piperidine rings is 1. The van der Waals surface area contributed by atoms with E-state index in [0.29, 0.717) is 0 Å². The van der Waals surface area contributed by atoms with Crippen LogP contribution in [0.15, 0.2) is 24.5 Å². The minimum Gasteiger partial charge on any atom is -0.327 e. The summed E-state index contributed by atoms with van der Waals surface area (Å²) in [6.45, 7) is 5.84. The number of carbonyl (C=O) groups excluding carboxylic acids is 1. The molecule has 1 saturated heterocycles. The van der Waals surface area contributed by atoms with Gasteiger partial charge in [-0.05, 0) is 64.2 Å². The van der Waals surface area contributed by atoms with Crippen LogP contribution < -0.4 is 0 Å². The van der Waals surface area contributed by atoms with Crippen molar-refractivity contribution >= 4 is 5.91 Å². The van der Waals surface area contributed by atoms with Crippen LogP contribution in [-0.4, -0.2) is 42.0 Å². The van der Waals surface area contributed by atoms with Crippen LogP contribution >= 0.6 is 0 Å². The molecule has 29 heavy (non-hydrogen) atoms. The first-order chi connectivity index (χ1) is 14.0. The van der Waals surface area contributed by atoms with Gasteiger partial charge in [0.15, 0.2) is 0 Å². The summed E-state index contributed by atoms with van der Waals surface area (Å²) < 4.78 is 0. The van der Waals surface area contributed by atoms with Crippen LogP contribution in [0.5, 0.6) is 0 Å². The van der Waals surface area contributed by atoms with Crippen molar-refractivity contribution in [1.29, 1.82) is 0 Å². The zero-order valence-corrected chi connectivity index (χ0v) is 16.9. The zero-order chi connectivity index (χ0) is 20.1. The smallest absolute Gasteiger partial charge is 0.255 e. The third kappa shape index (κ3) is 2.84. The highest BCUT2D eigenvalue weighted by molar-refractivity contribution is 5.96. The topological polar surface area (TPSA) is 87.7 Å². The number of pyridine rings is 1. The number of fused-ring (bicyclic) bond motifs is 4. The highest BCUT2D eigenvalue weighted by Crippen LogP contribution is 2.44. The number of hydrogen-bond donors (Lipinski definition) is 1. The van der Waals surface area contributed by atoms with Gasteiger partial charge in [0, 0.05) is 35.3 Å². The van der Waals surface area contributed by atoms with Crippen molar-refractivity contribution in [3.05, 3.63) is 58.4 Å². The number of H-pyrrole nitrogens is 1. The van der Waals surface area contributed by atoms with Gasteiger partial charge in [0.25, 0.3) is 5.91 Å². The monoisotopic (exact) mass is 388 g/mol. The molecule has 0 aliphatic carbocycles. The summed E-state index contributed by atoms with van der Waals surface area (Å²) in [5, 5.41) is 7.14. The van der Waals surface area contributed by atoms with Gasteiger partial charge in [0.05, 0.1) is 23.1 Å². The van der Waals surface area contributed by atoms with Crippen LogP contribution in [-0.2, 0) is 6.42 Å². The second-order valence-corrected chi connectivity index (χ2v) is 8.04. The largest absolute Gasteiger partial charge is 0.327 e. The van der Waals surface area contributed by atoms with E-state index in [2.05, 4.69) is 20.1 Å². The molecule has 0 radical (unpaired) electrons. The Morgan fingerprint density at radius 1 is 1.14 bits per heavy atom. The maximum Gasteiger partial charge on any atom is 0.255 e. The van der Waals surface area contributed by atoms with Crippen LogP contribution in [0, 0.1) is 20.8 Å². The van der Waals surface area contributed by atoms with Crippen molar-refractivity contribution in [3.63, 3.8) is 0 Å². The number of hydrogen-bond acceptors (Lipinski definition) is 5. The quantitative estimate of drug-likeness (QED) is 0.726. The molecule has 0 unspecified atom stereocenters. The molecule has 5 rings (SSSR count). The van der Waals surface area contributed by atoms with E-state index in [1.807, 2.05) is 32.9 Å². The van der Waals surface area contributed by atoms with Crippen LogP contribution in [0.25, 0.3) is 11.4 Å². The number of carbonyl (C=O) groups is 1. The van der Waals surface area contributed by atoms with E-state index in [9.17, 15) is 4.79 Å². The predicted octanol–water partition coefficient (Wildman–Crippen LogP) is 3.48. The van der Waals surface area contributed by atoms with Crippen LogP contribution in [0.4, 0.5) is 0 Å². The fourth-order valence-electron chi connectivity index (χ4n) is 4.81. The molecule has 148 valence electrons. The van der Waals surface area contributed by atoms with Gasteiger partial charge in [-0.15, -0.1) is 0 Å². The van der Waals surface area contributed by atoms with Crippen molar-refractivity contribution in [2.75, 3.05) is 0 Å². The molecular weight excluding hydrogens is 364 g/mol. The Bertz CT molecular complexity index is 1090. The molecule has 7 heteroatoms. The molecule has 5 heterocycles. The van der Waals surface area contributed by atoms with Crippen molar-refractivity contribution in [2.45, 2.75) is 58.5 Å². The maximum absolute atomic E-state index is 13.6. The molecule has 2 bridgehead atoms. The second-order valence-electron chi connectivity index (χ2n) is 8.04. The van der Waals surface area contributed by atoms with E-state index < -0.39 is 0 Å². The molecule has 0 aromatic carbocycles. The first-order valence-corrected chi connectivity index (χ1v) is 10.2. The first kappa shape index (κ1) is 18.0. The van der Waals surface area contributed by atoms with Crippen molar-refractivity contribution in [2.24, 2.45) is 0 Å². The molecule has 2 aliphatic rings. The fourth-order valence-corrected chi connectivity index (χ4v) is 4.81. The van der Waals surface area contributed by atoms with Gasteiger partial charge >= 0.3 is 0 Å². The van der Waals surface area contributed by atoms with Gasteiger partial charge in [0.2, 0.25) is 0 Å². The lowest BCUT2D eigenvalue weighted by Crippen LogP contribution is -2.50. The summed E-state index contributed by atoms with van der Waals surface area (Å²) in [5.41, 5.74) is 6.58. The molecule has 1 fully saturated rings. The lowest BCUT2D eigenvalue weighted by molar-refractivity contribution is 0.0388. The van der Waals surface area contributed by atoms with Gasteiger partial charge in [-0.2, -0.15) is 5.10 Å². The molecule has 3 aromatic heterocycles. The molecule has 0 spiro atoms. The average molecular weight is 388 g/mol. The van der Waals surface area contributed by atoms with Crippen LogP contribution in [0.3, 0.4) is 0 Å². The number of aromatic amines is 1. The summed E-state index contributed by atoms with van der Waals surface area (Å²) >= 11 is 0. The summed E-state index contributed by atoms with van der Waals surface area (Å²) in [7, 11) is 0. The molecule has 0 saturated carbocycles. The summed E-state index contributed by atoms with van der Waals surface area (Å²) in [6, 6.07) is 3.94. The minimum absolute atomic E-state index is 0.0127. The van der Waals surface area contributed by atoms with Gasteiger partial charge in [0.1, 0.15) is 5.82 Å². The van der Waals surface area contributed by atoms with Crippen LogP contribution in [0.1, 0.15) is 64.0 Å². The number of rotatable bonds is 2. The second kappa shape index (κ2) is 6.76. The maximum atomic E-state index is 13.6. The van der Waals surface area contributed by atoms with Gasteiger partial charge in [-0.25, -0.2) is 9.97 Å². The zero-order valence-electron chi connectivity index (χ0n) is 16.9. The fraction of sp³-hybridized carbons (Fsp3) is 0.409. The summed E-state index contributed by atoms with van der Waals surface area (Å²) in [5.74, 6) is 0.813. The summed E-state index contributed by atoms with van der Waals surface area (Å²) in [4.78, 5) is 29.6. The van der Waals surface area contributed by atoms with Crippen molar-refractivity contribution < 1.29 is 4.79 Å². The predicted molar refractivity (Wildman–Crippen MR) is 108 cm³/mol. The standard InChI is InChI=1S/C22H24N6O/c1-12-13(2)23-9-7-16(12)22(29)28-15-5-4-6-19(28)21-17(11-15)20(25-14(3)26-21)18-8-10-24-27-18/h7-10,15,19H,4-6,11H2,1-3H3,(H,24,27)/t15-,19+/m0/s1. The number of amides is 1. The molecular formula is C22H24N6O. The Morgan fingerprint density at radius 3 is 2.79 bits per heavy atom. The van der Waals surface area contributed by atoms with E-state index in [0.717, 1.165) is 71.0 Å². The van der Waals surface area contributed by atoms with Crippen molar-refractivity contribution in [1.82, 2.24) is 30.0 Å². The SMILES string of the molecule is Cc1nc(-c2ccn[nH]2)c2c(n1)[C@H]1CCC[C@@H](C2)N1C(=O)c1ccnc(C)c1C.